The zero-order valence-corrected chi connectivity index (χ0v) is 11.2. The maximum Gasteiger partial charge on any atom is 0.418 e. The van der Waals surface area contributed by atoms with Crippen LogP contribution in [0.3, 0.4) is 0 Å². The number of hydrogen-bond donors (Lipinski definition) is 1. The molecular weight excluding hydrogens is 269 g/mol. The van der Waals surface area contributed by atoms with Gasteiger partial charge in [-0.25, -0.2) is 0 Å². The molecule has 2 rings (SSSR count). The summed E-state index contributed by atoms with van der Waals surface area (Å²) in [4.78, 5) is 13.4. The van der Waals surface area contributed by atoms with Crippen LogP contribution in [0.1, 0.15) is 25.3 Å². The monoisotopic (exact) mass is 286 g/mol. The first-order chi connectivity index (χ1) is 9.45. The number of rotatable bonds is 4. The molecule has 6 heteroatoms. The quantitative estimate of drug-likeness (QED) is 0.923. The number of alkyl halides is 3. The summed E-state index contributed by atoms with van der Waals surface area (Å²) in [6, 6.07) is 4.83. The highest BCUT2D eigenvalue weighted by molar-refractivity contribution is 6.00. The molecule has 1 atom stereocenters. The van der Waals surface area contributed by atoms with E-state index in [1.54, 1.807) is 0 Å². The lowest BCUT2D eigenvalue weighted by Gasteiger charge is -2.21. The van der Waals surface area contributed by atoms with Crippen LogP contribution in [0.15, 0.2) is 24.3 Å². The third-order valence-electron chi connectivity index (χ3n) is 3.35. The number of halogens is 3. The maximum atomic E-state index is 13.0. The largest absolute Gasteiger partial charge is 0.418 e. The second-order valence-corrected chi connectivity index (χ2v) is 4.80. The maximum absolute atomic E-state index is 13.0. The molecule has 0 saturated carbocycles. The van der Waals surface area contributed by atoms with Crippen LogP contribution in [0.5, 0.6) is 0 Å². The van der Waals surface area contributed by atoms with Gasteiger partial charge in [0.1, 0.15) is 0 Å². The van der Waals surface area contributed by atoms with Gasteiger partial charge in [-0.2, -0.15) is 13.2 Å². The summed E-state index contributed by atoms with van der Waals surface area (Å²) in [5.41, 5.74) is -0.810. The van der Waals surface area contributed by atoms with E-state index in [9.17, 15) is 18.0 Å². The fourth-order valence-electron chi connectivity index (χ4n) is 2.38. The first-order valence-electron chi connectivity index (χ1n) is 6.66. The molecule has 0 aromatic heterocycles. The van der Waals surface area contributed by atoms with E-state index in [-0.39, 0.29) is 17.6 Å². The van der Waals surface area contributed by atoms with Crippen molar-refractivity contribution in [1.29, 1.82) is 0 Å². The number of benzene rings is 1. The van der Waals surface area contributed by atoms with Crippen molar-refractivity contribution in [1.82, 2.24) is 5.32 Å². The SMILES string of the molecule is CCCNC1CCN(c2ccccc2C(F)(F)F)C1=O. The average Bonchev–Trinajstić information content (AvgIpc) is 2.76. The second-order valence-electron chi connectivity index (χ2n) is 4.80. The molecule has 1 unspecified atom stereocenters. The molecule has 1 fully saturated rings. The van der Waals surface area contributed by atoms with Crippen LogP contribution in [0.4, 0.5) is 18.9 Å². The number of nitrogens with one attached hydrogen (secondary N) is 1. The third kappa shape index (κ3) is 2.95. The Hall–Kier alpha value is -1.56. The highest BCUT2D eigenvalue weighted by atomic mass is 19.4. The average molecular weight is 286 g/mol. The van der Waals surface area contributed by atoms with Gasteiger partial charge in [0.25, 0.3) is 0 Å². The fourth-order valence-corrected chi connectivity index (χ4v) is 2.38. The second kappa shape index (κ2) is 5.83. The van der Waals surface area contributed by atoms with Gasteiger partial charge < -0.3 is 10.2 Å². The minimum Gasteiger partial charge on any atom is -0.310 e. The van der Waals surface area contributed by atoms with Gasteiger partial charge in [-0.1, -0.05) is 19.1 Å². The van der Waals surface area contributed by atoms with Crippen molar-refractivity contribution in [2.45, 2.75) is 32.0 Å². The lowest BCUT2D eigenvalue weighted by molar-refractivity contribution is -0.137. The molecule has 0 bridgehead atoms. The Morgan fingerprint density at radius 2 is 2.05 bits per heavy atom. The standard InChI is InChI=1S/C14H17F3N2O/c1-2-8-18-11-7-9-19(13(11)20)12-6-4-3-5-10(12)14(15,16)17/h3-6,11,18H,2,7-9H2,1H3. The minimum atomic E-state index is -4.45. The summed E-state index contributed by atoms with van der Waals surface area (Å²) in [5.74, 6) is -0.282. The van der Waals surface area contributed by atoms with E-state index < -0.39 is 11.7 Å². The van der Waals surface area contributed by atoms with E-state index in [1.807, 2.05) is 6.92 Å². The molecule has 1 N–H and O–H groups in total. The number of carbonyl (C=O) groups is 1. The van der Waals surface area contributed by atoms with Crippen molar-refractivity contribution < 1.29 is 18.0 Å². The van der Waals surface area contributed by atoms with Crippen LogP contribution in [-0.4, -0.2) is 25.0 Å². The van der Waals surface area contributed by atoms with Crippen LogP contribution in [0.25, 0.3) is 0 Å². The Bertz CT molecular complexity index is 488. The Labute approximate surface area is 115 Å². The van der Waals surface area contributed by atoms with Crippen LogP contribution in [0.2, 0.25) is 0 Å². The smallest absolute Gasteiger partial charge is 0.310 e. The van der Waals surface area contributed by atoms with E-state index in [1.165, 1.54) is 23.1 Å². The normalized spacial score (nSPS) is 19.7. The van der Waals surface area contributed by atoms with Gasteiger partial charge in [-0.15, -0.1) is 0 Å². The highest BCUT2D eigenvalue weighted by Gasteiger charge is 2.39. The Morgan fingerprint density at radius 1 is 1.35 bits per heavy atom. The van der Waals surface area contributed by atoms with Crippen molar-refractivity contribution >= 4 is 11.6 Å². The van der Waals surface area contributed by atoms with Crippen LogP contribution >= 0.6 is 0 Å². The molecule has 1 amide bonds. The summed E-state index contributed by atoms with van der Waals surface area (Å²) in [7, 11) is 0. The zero-order chi connectivity index (χ0) is 14.8. The lowest BCUT2D eigenvalue weighted by atomic mass is 10.1. The van der Waals surface area contributed by atoms with Crippen LogP contribution in [-0.2, 0) is 11.0 Å². The van der Waals surface area contributed by atoms with Crippen LogP contribution < -0.4 is 10.2 Å². The summed E-state index contributed by atoms with van der Waals surface area (Å²) in [5, 5.41) is 3.07. The molecule has 20 heavy (non-hydrogen) atoms. The number of nitrogens with zero attached hydrogens (tertiary/aromatic N) is 1. The van der Waals surface area contributed by atoms with E-state index in [0.717, 1.165) is 12.5 Å². The number of amides is 1. The van der Waals surface area contributed by atoms with Crippen molar-refractivity contribution in [3.8, 4) is 0 Å². The summed E-state index contributed by atoms with van der Waals surface area (Å²) in [6.45, 7) is 2.97. The molecule has 1 aromatic carbocycles. The van der Waals surface area contributed by atoms with E-state index in [2.05, 4.69) is 5.32 Å². The molecule has 1 heterocycles. The van der Waals surface area contributed by atoms with Crippen molar-refractivity contribution in [3.63, 3.8) is 0 Å². The first-order valence-corrected chi connectivity index (χ1v) is 6.66. The Morgan fingerprint density at radius 3 is 2.70 bits per heavy atom. The summed E-state index contributed by atoms with van der Waals surface area (Å²) >= 11 is 0. The fraction of sp³-hybridized carbons (Fsp3) is 0.500. The van der Waals surface area contributed by atoms with Gasteiger partial charge in [0, 0.05) is 6.54 Å². The van der Waals surface area contributed by atoms with E-state index >= 15 is 0 Å². The summed E-state index contributed by atoms with van der Waals surface area (Å²) < 4.78 is 38.9. The predicted molar refractivity (Wildman–Crippen MR) is 70.5 cm³/mol. The first kappa shape index (κ1) is 14.8. The molecule has 3 nitrogen and oxygen atoms in total. The molecule has 1 aliphatic heterocycles. The van der Waals surface area contributed by atoms with Crippen LogP contribution in [0, 0.1) is 0 Å². The number of carbonyl (C=O) groups excluding carboxylic acids is 1. The molecule has 0 aliphatic carbocycles. The number of hydrogen-bond acceptors (Lipinski definition) is 2. The van der Waals surface area contributed by atoms with Crippen molar-refractivity contribution in [2.24, 2.45) is 0 Å². The third-order valence-corrected chi connectivity index (χ3v) is 3.35. The van der Waals surface area contributed by atoms with Gasteiger partial charge in [-0.3, -0.25) is 4.79 Å². The van der Waals surface area contributed by atoms with Gasteiger partial charge >= 0.3 is 6.18 Å². The topological polar surface area (TPSA) is 32.3 Å². The number of para-hydroxylation sites is 1. The van der Waals surface area contributed by atoms with E-state index in [4.69, 9.17) is 0 Å². The molecule has 110 valence electrons. The van der Waals surface area contributed by atoms with Gasteiger partial charge in [0.2, 0.25) is 5.91 Å². The molecule has 1 aliphatic rings. The van der Waals surface area contributed by atoms with Gasteiger partial charge in [0.15, 0.2) is 0 Å². The molecule has 1 aromatic rings. The lowest BCUT2D eigenvalue weighted by Crippen LogP contribution is -2.39. The zero-order valence-electron chi connectivity index (χ0n) is 11.2. The molecule has 0 radical (unpaired) electrons. The predicted octanol–water partition coefficient (Wildman–Crippen LogP) is 2.81. The highest BCUT2D eigenvalue weighted by Crippen LogP contribution is 2.37. The number of anilines is 1. The van der Waals surface area contributed by atoms with E-state index in [0.29, 0.717) is 19.5 Å². The molecule has 1 saturated heterocycles. The van der Waals surface area contributed by atoms with Crippen molar-refractivity contribution in [3.05, 3.63) is 29.8 Å². The minimum absolute atomic E-state index is 0.0502. The molecular formula is C14H17F3N2O. The van der Waals surface area contributed by atoms with Crippen molar-refractivity contribution in [2.75, 3.05) is 18.0 Å². The Kier molecular flexibility index (Phi) is 4.32. The van der Waals surface area contributed by atoms with Gasteiger partial charge in [0.05, 0.1) is 17.3 Å². The van der Waals surface area contributed by atoms with Gasteiger partial charge in [-0.05, 0) is 31.5 Å². The summed E-state index contributed by atoms with van der Waals surface area (Å²) in [6.07, 6.45) is -3.04. The molecule has 0 spiro atoms. The Balaban J connectivity index is 2.23.